The lowest BCUT2D eigenvalue weighted by Crippen LogP contribution is -2.40. The van der Waals surface area contributed by atoms with E-state index >= 15 is 0 Å². The van der Waals surface area contributed by atoms with E-state index in [9.17, 15) is 0 Å². The van der Waals surface area contributed by atoms with Crippen LogP contribution < -0.4 is 20.1 Å². The average Bonchev–Trinajstić information content (AvgIpc) is 3.21. The molecule has 9 heteroatoms. The van der Waals surface area contributed by atoms with E-state index in [1.54, 1.807) is 6.33 Å². The van der Waals surface area contributed by atoms with Gasteiger partial charge in [-0.2, -0.15) is 0 Å². The van der Waals surface area contributed by atoms with Crippen molar-refractivity contribution in [2.75, 3.05) is 32.8 Å². The molecule has 0 fully saturated rings. The van der Waals surface area contributed by atoms with Crippen molar-refractivity contribution in [2.24, 2.45) is 4.99 Å². The zero-order chi connectivity index (χ0) is 21.6. The third kappa shape index (κ3) is 9.32. The van der Waals surface area contributed by atoms with Crippen LogP contribution in [0.2, 0.25) is 0 Å². The number of halogens is 1. The molecule has 0 radical (unpaired) electrons. The van der Waals surface area contributed by atoms with E-state index < -0.39 is 0 Å². The summed E-state index contributed by atoms with van der Waals surface area (Å²) in [5, 5.41) is 14.9. The van der Waals surface area contributed by atoms with Gasteiger partial charge in [-0.25, -0.2) is 0 Å². The lowest BCUT2D eigenvalue weighted by atomic mass is 10.1. The van der Waals surface area contributed by atoms with E-state index in [0.717, 1.165) is 68.7 Å². The summed E-state index contributed by atoms with van der Waals surface area (Å²) in [7, 11) is 0. The summed E-state index contributed by atoms with van der Waals surface area (Å²) in [5.41, 5.74) is 1.20. The first-order valence-electron chi connectivity index (χ1n) is 11.0. The van der Waals surface area contributed by atoms with E-state index in [4.69, 9.17) is 9.47 Å². The summed E-state index contributed by atoms with van der Waals surface area (Å²) < 4.78 is 13.4. The van der Waals surface area contributed by atoms with Gasteiger partial charge < -0.3 is 24.7 Å². The van der Waals surface area contributed by atoms with Crippen molar-refractivity contribution in [3.63, 3.8) is 0 Å². The Morgan fingerprint density at radius 1 is 1.03 bits per heavy atom. The minimum atomic E-state index is 0. The maximum absolute atomic E-state index is 5.72. The van der Waals surface area contributed by atoms with Crippen molar-refractivity contribution in [2.45, 2.75) is 53.5 Å². The minimum Gasteiger partial charge on any atom is -0.490 e. The molecule has 0 saturated heterocycles. The summed E-state index contributed by atoms with van der Waals surface area (Å²) in [4.78, 5) is 4.63. The lowest BCUT2D eigenvalue weighted by molar-refractivity contribution is 0.287. The number of aliphatic imine (C=N–C) groups is 1. The molecule has 0 aliphatic rings. The molecule has 8 nitrogen and oxygen atoms in total. The van der Waals surface area contributed by atoms with Crippen molar-refractivity contribution in [3.8, 4) is 11.5 Å². The number of aromatic nitrogens is 3. The summed E-state index contributed by atoms with van der Waals surface area (Å²) >= 11 is 0. The van der Waals surface area contributed by atoms with E-state index in [1.165, 1.54) is 5.56 Å². The first kappa shape index (κ1) is 27.0. The number of benzene rings is 1. The predicted molar refractivity (Wildman–Crippen MR) is 136 cm³/mol. The van der Waals surface area contributed by atoms with Crippen LogP contribution in [0, 0.1) is 0 Å². The zero-order valence-corrected chi connectivity index (χ0v) is 21.5. The molecule has 0 atom stereocenters. The number of rotatable bonds is 13. The first-order valence-corrected chi connectivity index (χ1v) is 11.0. The van der Waals surface area contributed by atoms with Gasteiger partial charge in [0.15, 0.2) is 17.5 Å². The molecule has 1 heterocycles. The maximum Gasteiger partial charge on any atom is 0.191 e. The molecule has 0 amide bonds. The number of aryl methyl sites for hydroxylation is 1. The van der Waals surface area contributed by atoms with Gasteiger partial charge in [-0.1, -0.05) is 19.9 Å². The smallest absolute Gasteiger partial charge is 0.191 e. The van der Waals surface area contributed by atoms with E-state index in [2.05, 4.69) is 56.4 Å². The van der Waals surface area contributed by atoms with E-state index in [0.29, 0.717) is 13.2 Å². The largest absolute Gasteiger partial charge is 0.490 e. The normalized spacial score (nSPS) is 11.0. The molecule has 31 heavy (non-hydrogen) atoms. The van der Waals surface area contributed by atoms with Crippen LogP contribution in [0.15, 0.2) is 29.5 Å². The fourth-order valence-electron chi connectivity index (χ4n) is 3.01. The Kier molecular flexibility index (Phi) is 13.7. The number of hydrogen-bond donors (Lipinski definition) is 2. The second-order valence-corrected chi connectivity index (χ2v) is 6.78. The predicted octanol–water partition coefficient (Wildman–Crippen LogP) is 3.44. The van der Waals surface area contributed by atoms with Crippen LogP contribution in [0.1, 0.15) is 45.5 Å². The molecule has 0 aliphatic heterocycles. The highest BCUT2D eigenvalue weighted by Gasteiger charge is 2.07. The highest BCUT2D eigenvalue weighted by molar-refractivity contribution is 14.0. The second-order valence-electron chi connectivity index (χ2n) is 6.78. The highest BCUT2D eigenvalue weighted by Crippen LogP contribution is 2.28. The molecule has 0 spiro atoms. The molecule has 174 valence electrons. The van der Waals surface area contributed by atoms with Crippen molar-refractivity contribution in [1.29, 1.82) is 0 Å². The van der Waals surface area contributed by atoms with Crippen LogP contribution in [0.5, 0.6) is 11.5 Å². The summed E-state index contributed by atoms with van der Waals surface area (Å²) in [6, 6.07) is 6.13. The van der Waals surface area contributed by atoms with Crippen LogP contribution in [-0.4, -0.2) is 53.6 Å². The Balaban J connectivity index is 0.00000480. The molecule has 0 unspecified atom stereocenters. The molecule has 0 aliphatic carbocycles. The number of guanidine groups is 1. The first-order chi connectivity index (χ1) is 14.7. The summed E-state index contributed by atoms with van der Waals surface area (Å²) in [6.07, 6.45) is 4.53. The monoisotopic (exact) mass is 544 g/mol. The van der Waals surface area contributed by atoms with Crippen molar-refractivity contribution in [1.82, 2.24) is 25.4 Å². The number of ether oxygens (including phenoxy) is 2. The Morgan fingerprint density at radius 3 is 2.48 bits per heavy atom. The Labute approximate surface area is 203 Å². The Bertz CT molecular complexity index is 781. The molecule has 2 N–H and O–H groups in total. The molecular formula is C22H37IN6O2. The second kappa shape index (κ2) is 15.7. The van der Waals surface area contributed by atoms with Gasteiger partial charge in [-0.3, -0.25) is 4.99 Å². The summed E-state index contributed by atoms with van der Waals surface area (Å²) in [5.74, 6) is 3.43. The highest BCUT2D eigenvalue weighted by atomic mass is 127. The van der Waals surface area contributed by atoms with Gasteiger partial charge in [-0.15, -0.1) is 34.2 Å². The molecular weight excluding hydrogens is 507 g/mol. The fraction of sp³-hybridized carbons (Fsp3) is 0.591. The van der Waals surface area contributed by atoms with Crippen molar-refractivity contribution in [3.05, 3.63) is 35.9 Å². The number of nitrogens with zero attached hydrogens (tertiary/aromatic N) is 4. The fourth-order valence-corrected chi connectivity index (χ4v) is 3.01. The average molecular weight is 544 g/mol. The maximum atomic E-state index is 5.72. The van der Waals surface area contributed by atoms with Crippen LogP contribution in [-0.2, 0) is 19.4 Å². The molecule has 2 aromatic rings. The quantitative estimate of drug-likeness (QED) is 0.228. The molecule has 0 bridgehead atoms. The number of hydrogen-bond acceptors (Lipinski definition) is 5. The SMILES string of the molecule is CCCN=C(NCCc1ccc(OCC)c(OCC)c1)NCCn1cnnc1CC.I. The van der Waals surface area contributed by atoms with Crippen LogP contribution in [0.4, 0.5) is 0 Å². The molecule has 1 aromatic carbocycles. The van der Waals surface area contributed by atoms with Gasteiger partial charge in [0.25, 0.3) is 0 Å². The van der Waals surface area contributed by atoms with Gasteiger partial charge in [-0.05, 0) is 44.4 Å². The topological polar surface area (TPSA) is 85.6 Å². The standard InChI is InChI=1S/C22H36N6O2.HI/c1-5-12-23-22(25-14-15-28-17-26-27-21(28)6-2)24-13-11-18-9-10-19(29-7-3)20(16-18)30-8-4;/h9-10,16-17H,5-8,11-15H2,1-4H3,(H2,23,24,25);1H. The third-order valence-electron chi connectivity index (χ3n) is 4.46. The van der Waals surface area contributed by atoms with Crippen LogP contribution in [0.3, 0.4) is 0 Å². The minimum absolute atomic E-state index is 0. The number of nitrogens with one attached hydrogen (secondary N) is 2. The lowest BCUT2D eigenvalue weighted by Gasteiger charge is -2.15. The van der Waals surface area contributed by atoms with Crippen molar-refractivity contribution >= 4 is 29.9 Å². The molecule has 1 aromatic heterocycles. The third-order valence-corrected chi connectivity index (χ3v) is 4.46. The Hall–Kier alpha value is -2.04. The van der Waals surface area contributed by atoms with Gasteiger partial charge in [0, 0.05) is 32.6 Å². The van der Waals surface area contributed by atoms with E-state index in [1.807, 2.05) is 19.9 Å². The van der Waals surface area contributed by atoms with Gasteiger partial charge in [0.2, 0.25) is 0 Å². The van der Waals surface area contributed by atoms with Gasteiger partial charge >= 0.3 is 0 Å². The van der Waals surface area contributed by atoms with Crippen molar-refractivity contribution < 1.29 is 9.47 Å². The molecule has 2 rings (SSSR count). The Morgan fingerprint density at radius 2 is 1.77 bits per heavy atom. The molecule has 0 saturated carbocycles. The van der Waals surface area contributed by atoms with Gasteiger partial charge in [0.1, 0.15) is 12.2 Å². The summed E-state index contributed by atoms with van der Waals surface area (Å²) in [6.45, 7) is 12.5. The zero-order valence-electron chi connectivity index (χ0n) is 19.2. The van der Waals surface area contributed by atoms with E-state index in [-0.39, 0.29) is 24.0 Å². The van der Waals surface area contributed by atoms with Crippen LogP contribution >= 0.6 is 24.0 Å². The van der Waals surface area contributed by atoms with Gasteiger partial charge in [0.05, 0.1) is 13.2 Å². The van der Waals surface area contributed by atoms with Crippen LogP contribution in [0.25, 0.3) is 0 Å².